The van der Waals surface area contributed by atoms with Crippen LogP contribution in [0.5, 0.6) is 0 Å². The van der Waals surface area contributed by atoms with E-state index in [0.29, 0.717) is 0 Å². The second kappa shape index (κ2) is 4.67. The minimum Gasteiger partial charge on any atom is -0.241 e. The lowest BCUT2D eigenvalue weighted by Gasteiger charge is -2.24. The second-order valence-electron chi connectivity index (χ2n) is 3.76. The summed E-state index contributed by atoms with van der Waals surface area (Å²) in [7, 11) is -11.1. The zero-order chi connectivity index (χ0) is 14.1. The molecule has 0 aromatic rings. The summed E-state index contributed by atoms with van der Waals surface area (Å²) in [6.45, 7) is 0.164. The fraction of sp³-hybridized carbons (Fsp3) is 1.00. The van der Waals surface area contributed by atoms with Crippen molar-refractivity contribution in [3.63, 3.8) is 0 Å². The maximum atomic E-state index is 13.6. The van der Waals surface area contributed by atoms with Crippen LogP contribution in [0.3, 0.4) is 0 Å². The number of rotatable bonds is 6. The number of halogens is 5. The Kier molecular flexibility index (Phi) is 4.55. The number of alkyl halides is 3. The van der Waals surface area contributed by atoms with Crippen LogP contribution in [-0.2, 0) is 20.4 Å². The molecule has 0 saturated heterocycles. The molecule has 0 amide bonds. The lowest BCUT2D eigenvalue weighted by atomic mass is 10.0. The maximum Gasteiger partial charge on any atom is 0.305 e. The first-order valence-electron chi connectivity index (χ1n) is 4.03. The second-order valence-corrected chi connectivity index (χ2v) is 6.50. The van der Waals surface area contributed by atoms with Crippen LogP contribution in [0.2, 0.25) is 0 Å². The van der Waals surface area contributed by atoms with Gasteiger partial charge in [-0.1, -0.05) is 0 Å². The smallest absolute Gasteiger partial charge is 0.241 e. The van der Waals surface area contributed by atoms with Crippen LogP contribution in [0.4, 0.5) is 20.9 Å². The van der Waals surface area contributed by atoms with Gasteiger partial charge >= 0.3 is 20.4 Å². The molecule has 0 aromatic heterocycles. The molecule has 0 atom stereocenters. The Labute approximate surface area is 95.2 Å². The zero-order valence-corrected chi connectivity index (χ0v) is 10.1. The summed E-state index contributed by atoms with van der Waals surface area (Å²) in [4.78, 5) is 0. The van der Waals surface area contributed by atoms with Gasteiger partial charge in [0, 0.05) is 6.42 Å². The predicted octanol–water partition coefficient (Wildman–Crippen LogP) is 1.34. The molecule has 0 radical (unpaired) electrons. The first-order valence-corrected chi connectivity index (χ1v) is 7.14. The molecule has 0 saturated carbocycles. The summed E-state index contributed by atoms with van der Waals surface area (Å²) in [6.07, 6.45) is -1.92. The molecule has 0 spiro atoms. The van der Waals surface area contributed by atoms with E-state index in [0.717, 1.165) is 0 Å². The predicted molar refractivity (Wildman–Crippen MR) is 48.9 cm³/mol. The number of hydrogen-bond acceptors (Lipinski definition) is 4. The van der Waals surface area contributed by atoms with Gasteiger partial charge in [0.2, 0.25) is 5.92 Å². The zero-order valence-electron chi connectivity index (χ0n) is 8.46. The Bertz CT molecular complexity index is 429. The molecule has 0 aromatic carbocycles. The molecule has 0 heterocycles. The molecule has 0 bridgehead atoms. The van der Waals surface area contributed by atoms with E-state index in [1.165, 1.54) is 0 Å². The summed E-state index contributed by atoms with van der Waals surface area (Å²) in [5.41, 5.74) is -3.72. The topological polar surface area (TPSA) is 68.3 Å². The van der Waals surface area contributed by atoms with Crippen LogP contribution >= 0.6 is 0 Å². The average Bonchev–Trinajstić information content (AvgIpc) is 1.65. The van der Waals surface area contributed by atoms with Gasteiger partial charge in [0.15, 0.2) is 0 Å². The van der Waals surface area contributed by atoms with Crippen molar-refractivity contribution in [3.8, 4) is 0 Å². The van der Waals surface area contributed by atoms with Crippen molar-refractivity contribution < 1.29 is 37.8 Å². The van der Waals surface area contributed by atoms with E-state index in [1.807, 2.05) is 0 Å². The molecule has 104 valence electrons. The average molecular weight is 304 g/mol. The molecule has 0 aliphatic heterocycles. The van der Waals surface area contributed by atoms with Crippen LogP contribution in [0.1, 0.15) is 13.3 Å². The summed E-state index contributed by atoms with van der Waals surface area (Å²) < 4.78 is 104. The quantitative estimate of drug-likeness (QED) is 0.548. The van der Waals surface area contributed by atoms with Crippen molar-refractivity contribution in [3.05, 3.63) is 0 Å². The van der Waals surface area contributed by atoms with Gasteiger partial charge in [-0.25, -0.2) is 13.2 Å². The highest BCUT2D eigenvalue weighted by Crippen LogP contribution is 2.32. The maximum absolute atomic E-state index is 13.6. The van der Waals surface area contributed by atoms with E-state index in [-0.39, 0.29) is 6.92 Å². The molecule has 0 unspecified atom stereocenters. The van der Waals surface area contributed by atoms with E-state index >= 15 is 0 Å². The van der Waals surface area contributed by atoms with Gasteiger partial charge in [0.25, 0.3) is 0 Å². The van der Waals surface area contributed by atoms with Crippen LogP contribution in [0, 0.1) is 0 Å². The molecule has 11 heteroatoms. The van der Waals surface area contributed by atoms with Crippen molar-refractivity contribution >= 4 is 20.4 Å². The largest absolute Gasteiger partial charge is 0.305 e. The molecule has 0 aliphatic carbocycles. The minimum absolute atomic E-state index is 0.164. The normalized spacial score (nSPS) is 14.9. The fourth-order valence-electron chi connectivity index (χ4n) is 1.32. The highest BCUT2D eigenvalue weighted by Gasteiger charge is 2.46. The van der Waals surface area contributed by atoms with Crippen molar-refractivity contribution in [1.82, 2.24) is 0 Å². The Hall–Kier alpha value is -0.450. The summed E-state index contributed by atoms with van der Waals surface area (Å²) >= 11 is 0. The molecule has 0 fully saturated rings. The van der Waals surface area contributed by atoms with Crippen molar-refractivity contribution in [2.24, 2.45) is 0 Å². The lowest BCUT2D eigenvalue weighted by Crippen LogP contribution is -2.42. The molecular weight excluding hydrogens is 295 g/mol. The lowest BCUT2D eigenvalue weighted by molar-refractivity contribution is -0.0287. The third-order valence-corrected chi connectivity index (χ3v) is 3.21. The van der Waals surface area contributed by atoms with Gasteiger partial charge in [-0.3, -0.25) is 0 Å². The Balaban J connectivity index is 5.22. The van der Waals surface area contributed by atoms with Crippen molar-refractivity contribution in [2.75, 3.05) is 11.5 Å². The molecule has 17 heavy (non-hydrogen) atoms. The monoisotopic (exact) mass is 304 g/mol. The third kappa shape index (κ3) is 9.27. The molecule has 4 nitrogen and oxygen atoms in total. The van der Waals surface area contributed by atoms with Gasteiger partial charge in [0.1, 0.15) is 17.2 Å². The molecular formula is C6H9F5O4S2. The molecule has 0 N–H and O–H groups in total. The van der Waals surface area contributed by atoms with E-state index in [4.69, 9.17) is 0 Å². The van der Waals surface area contributed by atoms with Crippen molar-refractivity contribution in [2.45, 2.75) is 24.9 Å². The van der Waals surface area contributed by atoms with Gasteiger partial charge in [-0.05, 0) is 6.92 Å². The molecule has 0 aliphatic rings. The fourth-order valence-corrected chi connectivity index (χ4v) is 3.09. The van der Waals surface area contributed by atoms with Crippen LogP contribution in [-0.4, -0.2) is 39.9 Å². The first-order chi connectivity index (χ1) is 7.12. The van der Waals surface area contributed by atoms with E-state index in [2.05, 4.69) is 0 Å². The third-order valence-electron chi connectivity index (χ3n) is 1.49. The van der Waals surface area contributed by atoms with Crippen LogP contribution in [0.25, 0.3) is 0 Å². The van der Waals surface area contributed by atoms with E-state index in [9.17, 15) is 37.8 Å². The summed E-state index contributed by atoms with van der Waals surface area (Å²) in [5, 5.41) is 0. The van der Waals surface area contributed by atoms with Crippen LogP contribution < -0.4 is 0 Å². The van der Waals surface area contributed by atoms with E-state index < -0.39 is 50.0 Å². The first kappa shape index (κ1) is 16.6. The Morgan fingerprint density at radius 1 is 0.882 bits per heavy atom. The van der Waals surface area contributed by atoms with Crippen molar-refractivity contribution in [1.29, 1.82) is 0 Å². The van der Waals surface area contributed by atoms with Gasteiger partial charge < -0.3 is 0 Å². The van der Waals surface area contributed by atoms with Gasteiger partial charge in [0.05, 0.1) is 0 Å². The highest BCUT2D eigenvalue weighted by molar-refractivity contribution is 7.87. The SMILES string of the molecule is CC(F)(F)CC(F)(CS(=O)(=O)F)CS(=O)(=O)F. The highest BCUT2D eigenvalue weighted by atomic mass is 32.3. The van der Waals surface area contributed by atoms with Crippen LogP contribution in [0.15, 0.2) is 0 Å². The van der Waals surface area contributed by atoms with E-state index in [1.54, 1.807) is 0 Å². The van der Waals surface area contributed by atoms with Gasteiger partial charge in [-0.2, -0.15) is 16.8 Å². The Morgan fingerprint density at radius 3 is 1.35 bits per heavy atom. The summed E-state index contributed by atoms with van der Waals surface area (Å²) in [5.74, 6) is -8.11. The minimum atomic E-state index is -5.57. The summed E-state index contributed by atoms with van der Waals surface area (Å²) in [6, 6.07) is 0. The molecule has 0 rings (SSSR count). The number of hydrogen-bond donors (Lipinski definition) is 0. The Morgan fingerprint density at radius 2 is 1.18 bits per heavy atom. The van der Waals surface area contributed by atoms with Gasteiger partial charge in [-0.15, -0.1) is 7.77 Å². The standard InChI is InChI=1S/C6H9F5O4S2/c1-5(7,8)2-6(9,3-16(10,12)13)4-17(11,14)15/h2-4H2,1H3.